The van der Waals surface area contributed by atoms with Crippen LogP contribution in [0.3, 0.4) is 0 Å². The SMILES string of the molecule is [C-]#[N+]C1C[C@]2(C)c3nn(C)c(C#C)c3CC[C@H]2C(C)(C)C1=O. The highest BCUT2D eigenvalue weighted by Gasteiger charge is 2.60. The fourth-order valence-corrected chi connectivity index (χ4v) is 4.81. The molecule has 0 aromatic carbocycles. The lowest BCUT2D eigenvalue weighted by atomic mass is 9.50. The van der Waals surface area contributed by atoms with Crippen LogP contribution in [0.15, 0.2) is 0 Å². The number of rotatable bonds is 0. The zero-order valence-electron chi connectivity index (χ0n) is 13.6. The molecule has 0 spiro atoms. The molecule has 2 aliphatic rings. The van der Waals surface area contributed by atoms with Gasteiger partial charge in [-0.2, -0.15) is 5.10 Å². The van der Waals surface area contributed by atoms with Crippen molar-refractivity contribution in [3.05, 3.63) is 28.4 Å². The molecule has 0 N–H and O–H groups in total. The second-order valence-electron chi connectivity index (χ2n) is 7.39. The van der Waals surface area contributed by atoms with Crippen LogP contribution in [0.5, 0.6) is 0 Å². The molecule has 0 amide bonds. The summed E-state index contributed by atoms with van der Waals surface area (Å²) in [6, 6.07) is -0.571. The minimum Gasteiger partial charge on any atom is -0.305 e. The maximum Gasteiger partial charge on any atom is 0.282 e. The van der Waals surface area contributed by atoms with Crippen LogP contribution in [0.4, 0.5) is 0 Å². The van der Waals surface area contributed by atoms with Gasteiger partial charge < -0.3 is 4.85 Å². The Morgan fingerprint density at radius 3 is 2.73 bits per heavy atom. The Bertz CT molecular complexity index is 744. The second-order valence-corrected chi connectivity index (χ2v) is 7.39. The molecule has 1 aromatic rings. The Morgan fingerprint density at radius 1 is 1.45 bits per heavy atom. The summed E-state index contributed by atoms with van der Waals surface area (Å²) in [5, 5.41) is 4.70. The lowest BCUT2D eigenvalue weighted by Gasteiger charge is -2.51. The summed E-state index contributed by atoms with van der Waals surface area (Å²) >= 11 is 0. The number of ketones is 1. The molecule has 1 aromatic heterocycles. The van der Waals surface area contributed by atoms with Crippen molar-refractivity contribution in [3.63, 3.8) is 0 Å². The lowest BCUT2D eigenvalue weighted by molar-refractivity contribution is -0.137. The maximum absolute atomic E-state index is 12.6. The number of hydrogen-bond donors (Lipinski definition) is 0. The average molecular weight is 295 g/mol. The van der Waals surface area contributed by atoms with Gasteiger partial charge in [0.05, 0.1) is 5.69 Å². The molecule has 1 unspecified atom stereocenters. The van der Waals surface area contributed by atoms with E-state index in [0.717, 1.165) is 29.8 Å². The normalized spacial score (nSPS) is 32.5. The van der Waals surface area contributed by atoms with E-state index in [9.17, 15) is 4.79 Å². The first-order valence-corrected chi connectivity index (χ1v) is 7.71. The first kappa shape index (κ1) is 14.9. The zero-order chi connectivity index (χ0) is 16.3. The van der Waals surface area contributed by atoms with E-state index in [2.05, 4.69) is 17.7 Å². The predicted octanol–water partition coefficient (Wildman–Crippen LogP) is 2.51. The van der Waals surface area contributed by atoms with Gasteiger partial charge in [-0.3, -0.25) is 9.48 Å². The number of carbonyl (C=O) groups is 1. The highest BCUT2D eigenvalue weighted by molar-refractivity contribution is 5.92. The molecule has 22 heavy (non-hydrogen) atoms. The third kappa shape index (κ3) is 1.64. The fraction of sp³-hybridized carbons (Fsp3) is 0.611. The summed E-state index contributed by atoms with van der Waals surface area (Å²) in [5.74, 6) is 3.04. The van der Waals surface area contributed by atoms with E-state index in [1.54, 1.807) is 4.68 Å². The van der Waals surface area contributed by atoms with Crippen molar-refractivity contribution in [2.45, 2.75) is 51.5 Å². The van der Waals surface area contributed by atoms with Gasteiger partial charge in [0.1, 0.15) is 5.69 Å². The van der Waals surface area contributed by atoms with Gasteiger partial charge in [-0.05, 0) is 18.8 Å². The van der Waals surface area contributed by atoms with E-state index >= 15 is 0 Å². The predicted molar refractivity (Wildman–Crippen MR) is 84.1 cm³/mol. The molecule has 1 fully saturated rings. The summed E-state index contributed by atoms with van der Waals surface area (Å²) in [5.41, 5.74) is 2.23. The number of Topliss-reactive ketones (excluding diaryl/α,β-unsaturated/α-hetero) is 1. The first-order chi connectivity index (χ1) is 10.3. The van der Waals surface area contributed by atoms with Gasteiger partial charge in [-0.25, -0.2) is 6.57 Å². The van der Waals surface area contributed by atoms with Gasteiger partial charge >= 0.3 is 0 Å². The number of terminal acetylenes is 1. The van der Waals surface area contributed by atoms with Gasteiger partial charge in [-0.1, -0.05) is 26.7 Å². The zero-order valence-corrected chi connectivity index (χ0v) is 13.6. The Kier molecular flexibility index (Phi) is 3.01. The van der Waals surface area contributed by atoms with Crippen molar-refractivity contribution in [2.24, 2.45) is 18.4 Å². The van der Waals surface area contributed by atoms with E-state index in [0.29, 0.717) is 6.42 Å². The van der Waals surface area contributed by atoms with Crippen LogP contribution in [-0.4, -0.2) is 21.6 Å². The number of hydrogen-bond acceptors (Lipinski definition) is 2. The quantitative estimate of drug-likeness (QED) is 0.545. The Hall–Kier alpha value is -2.07. The van der Waals surface area contributed by atoms with Crippen molar-refractivity contribution in [3.8, 4) is 12.3 Å². The molecule has 0 aliphatic heterocycles. The van der Waals surface area contributed by atoms with Gasteiger partial charge in [-0.15, -0.1) is 6.42 Å². The Morgan fingerprint density at radius 2 is 2.14 bits per heavy atom. The van der Waals surface area contributed by atoms with Crippen LogP contribution in [0, 0.1) is 30.2 Å². The summed E-state index contributed by atoms with van der Waals surface area (Å²) in [6.45, 7) is 13.6. The van der Waals surface area contributed by atoms with Gasteiger partial charge in [0.2, 0.25) is 5.78 Å². The van der Waals surface area contributed by atoms with E-state index in [1.807, 2.05) is 20.9 Å². The van der Waals surface area contributed by atoms with Crippen molar-refractivity contribution in [2.75, 3.05) is 0 Å². The van der Waals surface area contributed by atoms with Crippen LogP contribution in [-0.2, 0) is 23.7 Å². The topological polar surface area (TPSA) is 39.2 Å². The molecule has 1 saturated carbocycles. The van der Waals surface area contributed by atoms with Crippen molar-refractivity contribution >= 4 is 5.78 Å². The number of carbonyl (C=O) groups excluding carboxylic acids is 1. The van der Waals surface area contributed by atoms with E-state index in [1.165, 1.54) is 0 Å². The van der Waals surface area contributed by atoms with Gasteiger partial charge in [0.25, 0.3) is 6.04 Å². The summed E-state index contributed by atoms with van der Waals surface area (Å²) in [4.78, 5) is 16.3. The van der Waals surface area contributed by atoms with Crippen molar-refractivity contribution in [1.82, 2.24) is 9.78 Å². The van der Waals surface area contributed by atoms with Gasteiger partial charge in [0.15, 0.2) is 0 Å². The minimum absolute atomic E-state index is 0.0847. The largest absolute Gasteiger partial charge is 0.305 e. The molecular weight excluding hydrogens is 274 g/mol. The molecule has 0 saturated heterocycles. The van der Waals surface area contributed by atoms with Crippen LogP contribution in [0.2, 0.25) is 0 Å². The average Bonchev–Trinajstić information content (AvgIpc) is 2.80. The fourth-order valence-electron chi connectivity index (χ4n) is 4.81. The van der Waals surface area contributed by atoms with E-state index < -0.39 is 11.5 Å². The lowest BCUT2D eigenvalue weighted by Crippen LogP contribution is -2.56. The summed E-state index contributed by atoms with van der Waals surface area (Å²) in [6.07, 6.45) is 7.99. The molecule has 4 nitrogen and oxygen atoms in total. The minimum atomic E-state index is -0.571. The van der Waals surface area contributed by atoms with E-state index in [4.69, 9.17) is 18.1 Å². The van der Waals surface area contributed by atoms with E-state index in [-0.39, 0.29) is 17.1 Å². The molecule has 2 aliphatic carbocycles. The molecule has 0 radical (unpaired) electrons. The number of nitrogens with zero attached hydrogens (tertiary/aromatic N) is 3. The molecule has 114 valence electrons. The second kappa shape index (κ2) is 4.46. The smallest absolute Gasteiger partial charge is 0.282 e. The first-order valence-electron chi connectivity index (χ1n) is 7.71. The van der Waals surface area contributed by atoms with Crippen molar-refractivity contribution in [1.29, 1.82) is 0 Å². The van der Waals surface area contributed by atoms with Crippen LogP contribution in [0.25, 0.3) is 4.85 Å². The third-order valence-electron chi connectivity index (χ3n) is 5.86. The molecule has 0 bridgehead atoms. The third-order valence-corrected chi connectivity index (χ3v) is 5.86. The Labute approximate surface area is 131 Å². The Balaban J connectivity index is 2.21. The maximum atomic E-state index is 12.6. The number of fused-ring (bicyclic) bond motifs is 3. The molecule has 1 heterocycles. The van der Waals surface area contributed by atoms with Crippen LogP contribution < -0.4 is 0 Å². The van der Waals surface area contributed by atoms with Crippen molar-refractivity contribution < 1.29 is 4.79 Å². The molecule has 3 rings (SSSR count). The molecule has 4 heteroatoms. The number of aromatic nitrogens is 2. The van der Waals surface area contributed by atoms with Crippen LogP contribution in [0.1, 0.15) is 50.6 Å². The van der Waals surface area contributed by atoms with Gasteiger partial charge in [0, 0.05) is 29.9 Å². The number of aryl methyl sites for hydroxylation is 1. The monoisotopic (exact) mass is 295 g/mol. The van der Waals surface area contributed by atoms with Crippen LogP contribution >= 0.6 is 0 Å². The summed E-state index contributed by atoms with van der Waals surface area (Å²) in [7, 11) is 1.87. The highest BCUT2D eigenvalue weighted by atomic mass is 16.1. The highest BCUT2D eigenvalue weighted by Crippen LogP contribution is 2.56. The summed E-state index contributed by atoms with van der Waals surface area (Å²) < 4.78 is 1.77. The molecular formula is C18H21N3O. The standard InChI is InChI=1S/C18H21N3O/c1-7-13-11-8-9-14-17(2,3)16(22)12(19-5)10-18(14,4)15(11)20-21(13)6/h1,12,14H,8-10H2,2-4,6H3/t12?,14-,18-/m0/s1. The molecule has 3 atom stereocenters.